The number of esters is 1. The predicted molar refractivity (Wildman–Crippen MR) is 72.8 cm³/mol. The Kier molecular flexibility index (Phi) is 4.25. The average Bonchev–Trinajstić information content (AvgIpc) is 2.71. The minimum atomic E-state index is -0.156. The normalized spacial score (nSPS) is 10.8. The van der Waals surface area contributed by atoms with E-state index in [-0.39, 0.29) is 5.97 Å². The zero-order chi connectivity index (χ0) is 13.0. The van der Waals surface area contributed by atoms with Crippen molar-refractivity contribution in [3.8, 4) is 0 Å². The van der Waals surface area contributed by atoms with Crippen LogP contribution in [0, 0.1) is 6.92 Å². The number of aromatic amines is 1. The van der Waals surface area contributed by atoms with Crippen molar-refractivity contribution in [2.75, 3.05) is 12.4 Å². The fourth-order valence-corrected chi connectivity index (χ4v) is 2.44. The number of hydrogen-bond donors (Lipinski definition) is 1. The second-order valence-corrected chi connectivity index (χ2v) is 5.05. The molecule has 1 aromatic heterocycles. The standard InChI is InChI=1S/C13H16N2O2S/c1-3-17-12(16)6-7-18-13-14-10-5-4-9(2)8-11(10)15-13/h4-5,8H,3,6-7H2,1-2H3,(H,14,15). The van der Waals surface area contributed by atoms with Gasteiger partial charge in [0, 0.05) is 5.75 Å². The molecule has 0 saturated heterocycles. The third-order valence-corrected chi connectivity index (χ3v) is 3.34. The number of aromatic nitrogens is 2. The number of carbonyl (C=O) groups is 1. The Labute approximate surface area is 110 Å². The minimum absolute atomic E-state index is 0.156. The average molecular weight is 264 g/mol. The van der Waals surface area contributed by atoms with Gasteiger partial charge in [0.15, 0.2) is 5.16 Å². The number of benzene rings is 1. The van der Waals surface area contributed by atoms with Crippen molar-refractivity contribution < 1.29 is 9.53 Å². The van der Waals surface area contributed by atoms with E-state index in [0.29, 0.717) is 18.8 Å². The summed E-state index contributed by atoms with van der Waals surface area (Å²) in [6, 6.07) is 6.10. The molecule has 1 aromatic carbocycles. The highest BCUT2D eigenvalue weighted by molar-refractivity contribution is 7.99. The van der Waals surface area contributed by atoms with Crippen LogP contribution in [0.3, 0.4) is 0 Å². The van der Waals surface area contributed by atoms with E-state index in [0.717, 1.165) is 16.2 Å². The maximum atomic E-state index is 11.2. The lowest BCUT2D eigenvalue weighted by molar-refractivity contribution is -0.142. The number of hydrogen-bond acceptors (Lipinski definition) is 4. The SMILES string of the molecule is CCOC(=O)CCSc1nc2ccc(C)cc2[nH]1. The summed E-state index contributed by atoms with van der Waals surface area (Å²) in [6.07, 6.45) is 0.411. The zero-order valence-corrected chi connectivity index (χ0v) is 11.3. The van der Waals surface area contributed by atoms with Gasteiger partial charge in [0.2, 0.25) is 0 Å². The molecule has 0 spiro atoms. The van der Waals surface area contributed by atoms with E-state index in [9.17, 15) is 4.79 Å². The first kappa shape index (κ1) is 13.0. The van der Waals surface area contributed by atoms with Crippen LogP contribution in [0.25, 0.3) is 11.0 Å². The smallest absolute Gasteiger partial charge is 0.306 e. The number of nitrogens with one attached hydrogen (secondary N) is 1. The van der Waals surface area contributed by atoms with Crippen molar-refractivity contribution in [1.29, 1.82) is 0 Å². The third-order valence-electron chi connectivity index (χ3n) is 2.47. The van der Waals surface area contributed by atoms with Gasteiger partial charge in [-0.15, -0.1) is 0 Å². The summed E-state index contributed by atoms with van der Waals surface area (Å²) in [5, 5.41) is 0.847. The second kappa shape index (κ2) is 5.91. The number of ether oxygens (including phenoxy) is 1. The number of fused-ring (bicyclic) bond motifs is 1. The van der Waals surface area contributed by atoms with Crippen LogP contribution in [0.2, 0.25) is 0 Å². The molecule has 4 nitrogen and oxygen atoms in total. The number of rotatable bonds is 5. The van der Waals surface area contributed by atoms with Crippen molar-refractivity contribution in [2.24, 2.45) is 0 Å². The molecule has 1 N–H and O–H groups in total. The molecule has 0 amide bonds. The van der Waals surface area contributed by atoms with E-state index < -0.39 is 0 Å². The third kappa shape index (κ3) is 3.26. The maximum Gasteiger partial charge on any atom is 0.306 e. The van der Waals surface area contributed by atoms with Crippen LogP contribution < -0.4 is 0 Å². The Morgan fingerprint density at radius 3 is 3.11 bits per heavy atom. The number of H-pyrrole nitrogens is 1. The molecule has 0 aliphatic carbocycles. The minimum Gasteiger partial charge on any atom is -0.466 e. The van der Waals surface area contributed by atoms with E-state index >= 15 is 0 Å². The quantitative estimate of drug-likeness (QED) is 0.666. The molecule has 2 aromatic rings. The van der Waals surface area contributed by atoms with Gasteiger partial charge in [0.25, 0.3) is 0 Å². The highest BCUT2D eigenvalue weighted by atomic mass is 32.2. The van der Waals surface area contributed by atoms with Crippen molar-refractivity contribution >= 4 is 28.8 Å². The van der Waals surface area contributed by atoms with Gasteiger partial charge in [-0.25, -0.2) is 4.98 Å². The molecular weight excluding hydrogens is 248 g/mol. The molecule has 5 heteroatoms. The highest BCUT2D eigenvalue weighted by Gasteiger charge is 2.06. The van der Waals surface area contributed by atoms with E-state index in [1.54, 1.807) is 0 Å². The molecule has 2 rings (SSSR count). The summed E-state index contributed by atoms with van der Waals surface area (Å²) in [7, 11) is 0. The fraction of sp³-hybridized carbons (Fsp3) is 0.385. The molecule has 0 radical (unpaired) electrons. The van der Waals surface area contributed by atoms with Gasteiger partial charge in [-0.3, -0.25) is 4.79 Å². The summed E-state index contributed by atoms with van der Waals surface area (Å²) >= 11 is 1.54. The Morgan fingerprint density at radius 1 is 1.50 bits per heavy atom. The van der Waals surface area contributed by atoms with E-state index in [1.165, 1.54) is 17.3 Å². The zero-order valence-electron chi connectivity index (χ0n) is 10.5. The van der Waals surface area contributed by atoms with Gasteiger partial charge in [-0.1, -0.05) is 17.8 Å². The molecule has 18 heavy (non-hydrogen) atoms. The highest BCUT2D eigenvalue weighted by Crippen LogP contribution is 2.20. The van der Waals surface area contributed by atoms with Crippen molar-refractivity contribution in [2.45, 2.75) is 25.4 Å². The summed E-state index contributed by atoms with van der Waals surface area (Å²) in [5.41, 5.74) is 3.20. The van der Waals surface area contributed by atoms with Crippen LogP contribution in [-0.4, -0.2) is 28.3 Å². The molecule has 0 aliphatic rings. The number of carbonyl (C=O) groups excluding carboxylic acids is 1. The topological polar surface area (TPSA) is 55.0 Å². The molecule has 0 aliphatic heterocycles. The molecule has 0 bridgehead atoms. The molecule has 96 valence electrons. The van der Waals surface area contributed by atoms with Crippen LogP contribution in [0.4, 0.5) is 0 Å². The van der Waals surface area contributed by atoms with Crippen molar-refractivity contribution in [3.63, 3.8) is 0 Å². The van der Waals surface area contributed by atoms with Crippen LogP contribution >= 0.6 is 11.8 Å². The molecule has 0 unspecified atom stereocenters. The van der Waals surface area contributed by atoms with Gasteiger partial charge in [-0.05, 0) is 31.5 Å². The first-order chi connectivity index (χ1) is 8.69. The lowest BCUT2D eigenvalue weighted by Gasteiger charge is -1.99. The van der Waals surface area contributed by atoms with Crippen LogP contribution in [0.15, 0.2) is 23.4 Å². The summed E-state index contributed by atoms with van der Waals surface area (Å²) in [5.74, 6) is 0.523. The van der Waals surface area contributed by atoms with E-state index in [2.05, 4.69) is 16.0 Å². The Hall–Kier alpha value is -1.49. The first-order valence-electron chi connectivity index (χ1n) is 5.94. The van der Waals surface area contributed by atoms with Gasteiger partial charge in [-0.2, -0.15) is 0 Å². The van der Waals surface area contributed by atoms with E-state index in [1.807, 2.05) is 26.0 Å². The summed E-state index contributed by atoms with van der Waals surface area (Å²) in [6.45, 7) is 4.30. The summed E-state index contributed by atoms with van der Waals surface area (Å²) in [4.78, 5) is 18.9. The Balaban J connectivity index is 1.94. The van der Waals surface area contributed by atoms with Crippen LogP contribution in [-0.2, 0) is 9.53 Å². The largest absolute Gasteiger partial charge is 0.466 e. The predicted octanol–water partition coefficient (Wildman–Crippen LogP) is 2.92. The van der Waals surface area contributed by atoms with Gasteiger partial charge >= 0.3 is 5.97 Å². The molecular formula is C13H16N2O2S. The Bertz CT molecular complexity index is 551. The number of thioether (sulfide) groups is 1. The summed E-state index contributed by atoms with van der Waals surface area (Å²) < 4.78 is 4.87. The van der Waals surface area contributed by atoms with Crippen LogP contribution in [0.1, 0.15) is 18.9 Å². The van der Waals surface area contributed by atoms with Gasteiger partial charge in [0.1, 0.15) is 0 Å². The lowest BCUT2D eigenvalue weighted by atomic mass is 10.2. The lowest BCUT2D eigenvalue weighted by Crippen LogP contribution is -2.04. The number of nitrogens with zero attached hydrogens (tertiary/aromatic N) is 1. The maximum absolute atomic E-state index is 11.2. The molecule has 0 atom stereocenters. The van der Waals surface area contributed by atoms with Crippen molar-refractivity contribution in [3.05, 3.63) is 23.8 Å². The van der Waals surface area contributed by atoms with Gasteiger partial charge in [0.05, 0.1) is 24.1 Å². The molecule has 1 heterocycles. The monoisotopic (exact) mass is 264 g/mol. The van der Waals surface area contributed by atoms with Gasteiger partial charge < -0.3 is 9.72 Å². The fourth-order valence-electron chi connectivity index (χ4n) is 1.63. The molecule has 0 fully saturated rings. The van der Waals surface area contributed by atoms with E-state index in [4.69, 9.17) is 4.74 Å². The molecule has 0 saturated carbocycles. The van der Waals surface area contributed by atoms with Crippen molar-refractivity contribution in [1.82, 2.24) is 9.97 Å². The number of aryl methyl sites for hydroxylation is 1. The Morgan fingerprint density at radius 2 is 2.33 bits per heavy atom. The van der Waals surface area contributed by atoms with Crippen LogP contribution in [0.5, 0.6) is 0 Å². The first-order valence-corrected chi connectivity index (χ1v) is 6.92. The number of imidazole rings is 1. The second-order valence-electron chi connectivity index (χ2n) is 3.97.